The monoisotopic (exact) mass is 341 g/mol. The molecule has 132 valence electrons. The lowest BCUT2D eigenvalue weighted by Crippen LogP contribution is -2.40. The van der Waals surface area contributed by atoms with Gasteiger partial charge in [0, 0.05) is 44.6 Å². The van der Waals surface area contributed by atoms with Crippen LogP contribution in [0.4, 0.5) is 0 Å². The van der Waals surface area contributed by atoms with Gasteiger partial charge < -0.3 is 14.8 Å². The van der Waals surface area contributed by atoms with Crippen molar-refractivity contribution in [1.29, 1.82) is 0 Å². The van der Waals surface area contributed by atoms with Crippen molar-refractivity contribution in [1.82, 2.24) is 24.8 Å². The van der Waals surface area contributed by atoms with E-state index < -0.39 is 0 Å². The van der Waals surface area contributed by atoms with E-state index in [1.807, 2.05) is 35.4 Å². The van der Waals surface area contributed by atoms with Crippen LogP contribution in [0, 0.1) is 0 Å². The molecule has 0 saturated carbocycles. The maximum atomic E-state index is 12.4. The summed E-state index contributed by atoms with van der Waals surface area (Å²) in [5.74, 6) is 0.693. The molecule has 0 aromatic carbocycles. The van der Waals surface area contributed by atoms with E-state index in [9.17, 15) is 9.59 Å². The molecule has 1 unspecified atom stereocenters. The maximum absolute atomic E-state index is 12.4. The lowest BCUT2D eigenvalue weighted by Gasteiger charge is -2.33. The normalized spacial score (nSPS) is 16.4. The number of hydrogen-bond acceptors (Lipinski definition) is 4. The third-order valence-electron chi connectivity index (χ3n) is 4.42. The third kappa shape index (κ3) is 3.70. The number of carbonyl (C=O) groups excluding carboxylic acids is 2. The minimum atomic E-state index is -0.218. The molecule has 1 atom stereocenters. The predicted octanol–water partition coefficient (Wildman–Crippen LogP) is 1.91. The maximum Gasteiger partial charge on any atom is 0.271 e. The molecule has 0 fully saturated rings. The van der Waals surface area contributed by atoms with Gasteiger partial charge >= 0.3 is 0 Å². The number of pyridine rings is 1. The van der Waals surface area contributed by atoms with Crippen molar-refractivity contribution in [2.45, 2.75) is 45.8 Å². The summed E-state index contributed by atoms with van der Waals surface area (Å²) < 4.78 is 1.97. The molecule has 25 heavy (non-hydrogen) atoms. The third-order valence-corrected chi connectivity index (χ3v) is 4.42. The second-order valence-corrected chi connectivity index (χ2v) is 6.23. The first kappa shape index (κ1) is 17.1. The van der Waals surface area contributed by atoms with Crippen LogP contribution in [-0.4, -0.2) is 37.8 Å². The van der Waals surface area contributed by atoms with E-state index in [0.29, 0.717) is 31.7 Å². The summed E-state index contributed by atoms with van der Waals surface area (Å²) in [5, 5.41) is 2.86. The summed E-state index contributed by atoms with van der Waals surface area (Å²) in [5.41, 5.74) is 1.32. The van der Waals surface area contributed by atoms with Gasteiger partial charge in [0.15, 0.2) is 0 Å². The second-order valence-electron chi connectivity index (χ2n) is 6.23. The highest BCUT2D eigenvalue weighted by Crippen LogP contribution is 2.25. The molecular formula is C18H23N5O2. The highest BCUT2D eigenvalue weighted by molar-refractivity contribution is 5.92. The zero-order valence-electron chi connectivity index (χ0n) is 14.6. The number of amides is 2. The summed E-state index contributed by atoms with van der Waals surface area (Å²) >= 11 is 0. The average molecular weight is 341 g/mol. The Morgan fingerprint density at radius 2 is 2.20 bits per heavy atom. The van der Waals surface area contributed by atoms with Gasteiger partial charge in [0.05, 0.1) is 6.04 Å². The van der Waals surface area contributed by atoms with E-state index in [2.05, 4.69) is 15.3 Å². The summed E-state index contributed by atoms with van der Waals surface area (Å²) in [4.78, 5) is 35.0. The van der Waals surface area contributed by atoms with Gasteiger partial charge in [-0.15, -0.1) is 0 Å². The Morgan fingerprint density at radius 3 is 2.92 bits per heavy atom. The lowest BCUT2D eigenvalue weighted by molar-refractivity contribution is -0.134. The molecule has 3 rings (SSSR count). The first-order valence-corrected chi connectivity index (χ1v) is 8.63. The van der Waals surface area contributed by atoms with Gasteiger partial charge in [0.2, 0.25) is 5.91 Å². The molecule has 2 aromatic heterocycles. The van der Waals surface area contributed by atoms with Gasteiger partial charge in [0.1, 0.15) is 11.5 Å². The number of aromatic nitrogens is 3. The zero-order valence-corrected chi connectivity index (χ0v) is 14.6. The molecule has 7 nitrogen and oxygen atoms in total. The van der Waals surface area contributed by atoms with Gasteiger partial charge in [-0.3, -0.25) is 14.6 Å². The quantitative estimate of drug-likeness (QED) is 0.901. The van der Waals surface area contributed by atoms with Crippen molar-refractivity contribution in [3.63, 3.8) is 0 Å². The molecule has 0 spiro atoms. The zero-order chi connectivity index (χ0) is 17.8. The number of fused-ring (bicyclic) bond motifs is 1. The van der Waals surface area contributed by atoms with Crippen molar-refractivity contribution in [2.75, 3.05) is 6.54 Å². The Bertz CT molecular complexity index is 756. The molecule has 0 aliphatic carbocycles. The number of imidazole rings is 1. The van der Waals surface area contributed by atoms with Crippen LogP contribution in [0.5, 0.6) is 0 Å². The number of nitrogens with zero attached hydrogens (tertiary/aromatic N) is 4. The summed E-state index contributed by atoms with van der Waals surface area (Å²) in [7, 11) is 0. The van der Waals surface area contributed by atoms with Crippen molar-refractivity contribution in [3.05, 3.63) is 47.8 Å². The molecule has 3 heterocycles. The van der Waals surface area contributed by atoms with Gasteiger partial charge in [0.25, 0.3) is 5.91 Å². The van der Waals surface area contributed by atoms with Gasteiger partial charge in [-0.1, -0.05) is 13.0 Å². The first-order chi connectivity index (χ1) is 12.1. The smallest absolute Gasteiger partial charge is 0.271 e. The fraction of sp³-hybridized carbons (Fsp3) is 0.444. The van der Waals surface area contributed by atoms with Crippen molar-refractivity contribution in [3.8, 4) is 0 Å². The Morgan fingerprint density at radius 1 is 1.36 bits per heavy atom. The SMILES string of the molecule is CCCC(=O)N1CCn2cc(C(=O)NCc3cccnc3)nc2C1C. The van der Waals surface area contributed by atoms with Crippen LogP contribution in [0.1, 0.15) is 54.6 Å². The summed E-state index contributed by atoms with van der Waals surface area (Å²) in [6.45, 7) is 5.69. The molecule has 0 bridgehead atoms. The number of hydrogen-bond donors (Lipinski definition) is 1. The first-order valence-electron chi connectivity index (χ1n) is 8.63. The average Bonchev–Trinajstić information content (AvgIpc) is 3.06. The molecule has 1 aliphatic heterocycles. The van der Waals surface area contributed by atoms with Crippen LogP contribution in [0.2, 0.25) is 0 Å². The van der Waals surface area contributed by atoms with Gasteiger partial charge in [-0.2, -0.15) is 0 Å². The summed E-state index contributed by atoms with van der Waals surface area (Å²) in [6, 6.07) is 3.62. The van der Waals surface area contributed by atoms with E-state index >= 15 is 0 Å². The molecule has 2 aromatic rings. The van der Waals surface area contributed by atoms with E-state index in [1.54, 1.807) is 18.6 Å². The largest absolute Gasteiger partial charge is 0.347 e. The summed E-state index contributed by atoms with van der Waals surface area (Å²) in [6.07, 6.45) is 6.56. The van der Waals surface area contributed by atoms with Crippen LogP contribution < -0.4 is 5.32 Å². The molecule has 2 amide bonds. The highest BCUT2D eigenvalue weighted by atomic mass is 16.2. The molecule has 1 aliphatic rings. The van der Waals surface area contributed by atoms with Gasteiger partial charge in [-0.25, -0.2) is 4.98 Å². The Labute approximate surface area is 147 Å². The van der Waals surface area contributed by atoms with Crippen molar-refractivity contribution in [2.24, 2.45) is 0 Å². The van der Waals surface area contributed by atoms with E-state index in [1.165, 1.54) is 0 Å². The number of rotatable bonds is 5. The molecule has 1 N–H and O–H groups in total. The molecule has 0 radical (unpaired) electrons. The van der Waals surface area contributed by atoms with Crippen LogP contribution in [0.15, 0.2) is 30.7 Å². The van der Waals surface area contributed by atoms with E-state index in [4.69, 9.17) is 0 Å². The van der Waals surface area contributed by atoms with E-state index in [-0.39, 0.29) is 17.9 Å². The fourth-order valence-corrected chi connectivity index (χ4v) is 3.07. The Hall–Kier alpha value is -2.70. The van der Waals surface area contributed by atoms with Crippen LogP contribution >= 0.6 is 0 Å². The standard InChI is InChI=1S/C18H23N5O2/c1-3-5-16(24)23-9-8-22-12-15(21-17(22)13(23)2)18(25)20-11-14-6-4-7-19-10-14/h4,6-7,10,12-13H,3,5,8-9,11H2,1-2H3,(H,20,25). The lowest BCUT2D eigenvalue weighted by atomic mass is 10.2. The molecular weight excluding hydrogens is 318 g/mol. The Kier molecular flexibility index (Phi) is 5.11. The van der Waals surface area contributed by atoms with Crippen LogP contribution in [0.3, 0.4) is 0 Å². The highest BCUT2D eigenvalue weighted by Gasteiger charge is 2.30. The topological polar surface area (TPSA) is 80.1 Å². The Balaban J connectivity index is 1.69. The van der Waals surface area contributed by atoms with Crippen LogP contribution in [-0.2, 0) is 17.9 Å². The van der Waals surface area contributed by atoms with Crippen molar-refractivity contribution < 1.29 is 9.59 Å². The predicted molar refractivity (Wildman–Crippen MR) is 92.7 cm³/mol. The van der Waals surface area contributed by atoms with Gasteiger partial charge in [-0.05, 0) is 25.0 Å². The minimum Gasteiger partial charge on any atom is -0.347 e. The number of carbonyl (C=O) groups is 2. The van der Waals surface area contributed by atoms with Crippen molar-refractivity contribution >= 4 is 11.8 Å². The molecule has 7 heteroatoms. The van der Waals surface area contributed by atoms with Crippen LogP contribution in [0.25, 0.3) is 0 Å². The van der Waals surface area contributed by atoms with E-state index in [0.717, 1.165) is 17.8 Å². The minimum absolute atomic E-state index is 0.118. The number of nitrogens with one attached hydrogen (secondary N) is 1. The molecule has 0 saturated heterocycles. The fourth-order valence-electron chi connectivity index (χ4n) is 3.07. The second kappa shape index (κ2) is 7.46.